The van der Waals surface area contributed by atoms with Crippen LogP contribution < -0.4 is 5.32 Å². The van der Waals surface area contributed by atoms with E-state index in [2.05, 4.69) is 21.2 Å². The molecule has 1 aromatic carbocycles. The average molecular weight is 327 g/mol. The van der Waals surface area contributed by atoms with Crippen molar-refractivity contribution in [3.05, 3.63) is 54.7 Å². The van der Waals surface area contributed by atoms with Gasteiger partial charge in [0.15, 0.2) is 0 Å². The molecular formula is C12H11BrN2O2S. The van der Waals surface area contributed by atoms with Crippen LogP contribution in [-0.2, 0) is 6.54 Å². The molecule has 0 unspecified atom stereocenters. The number of anilines is 1. The van der Waals surface area contributed by atoms with Crippen LogP contribution in [0.5, 0.6) is 0 Å². The topological polar surface area (TPSA) is 55.2 Å². The summed E-state index contributed by atoms with van der Waals surface area (Å²) in [6.45, 7) is 2.40. The first-order chi connectivity index (χ1) is 8.56. The van der Waals surface area contributed by atoms with Crippen LogP contribution in [0.15, 0.2) is 34.1 Å². The van der Waals surface area contributed by atoms with Gasteiger partial charge in [0.1, 0.15) is 0 Å². The van der Waals surface area contributed by atoms with Crippen molar-refractivity contribution in [2.45, 2.75) is 13.5 Å². The van der Waals surface area contributed by atoms with Gasteiger partial charge in [0.2, 0.25) is 0 Å². The number of aryl methyl sites for hydroxylation is 1. The van der Waals surface area contributed by atoms with E-state index in [1.807, 2.05) is 17.5 Å². The van der Waals surface area contributed by atoms with Crippen LogP contribution in [0.1, 0.15) is 10.4 Å². The lowest BCUT2D eigenvalue weighted by atomic mass is 10.2. The lowest BCUT2D eigenvalue weighted by Crippen LogP contribution is -1.99. The Hall–Kier alpha value is -1.40. The molecule has 1 heterocycles. The minimum absolute atomic E-state index is 0.146. The van der Waals surface area contributed by atoms with Crippen molar-refractivity contribution in [3.63, 3.8) is 0 Å². The highest BCUT2D eigenvalue weighted by Gasteiger charge is 2.10. The highest BCUT2D eigenvalue weighted by molar-refractivity contribution is 9.10. The lowest BCUT2D eigenvalue weighted by Gasteiger charge is -2.05. The van der Waals surface area contributed by atoms with Crippen LogP contribution in [0.2, 0.25) is 0 Å². The highest BCUT2D eigenvalue weighted by atomic mass is 79.9. The summed E-state index contributed by atoms with van der Waals surface area (Å²) in [4.78, 5) is 11.6. The molecule has 6 heteroatoms. The van der Waals surface area contributed by atoms with Gasteiger partial charge in [0.05, 0.1) is 4.92 Å². The van der Waals surface area contributed by atoms with Gasteiger partial charge in [-0.25, -0.2) is 0 Å². The minimum Gasteiger partial charge on any atom is -0.380 e. The summed E-state index contributed by atoms with van der Waals surface area (Å²) in [6.07, 6.45) is 0. The molecule has 0 saturated carbocycles. The first-order valence-corrected chi connectivity index (χ1v) is 6.95. The van der Waals surface area contributed by atoms with Gasteiger partial charge in [-0.2, -0.15) is 0 Å². The largest absolute Gasteiger partial charge is 0.380 e. The van der Waals surface area contributed by atoms with Gasteiger partial charge in [-0.05, 0) is 35.0 Å². The molecule has 0 atom stereocenters. The third-order valence-electron chi connectivity index (χ3n) is 2.49. The van der Waals surface area contributed by atoms with Crippen molar-refractivity contribution in [2.75, 3.05) is 5.32 Å². The van der Waals surface area contributed by atoms with Gasteiger partial charge in [-0.3, -0.25) is 10.1 Å². The van der Waals surface area contributed by atoms with Gasteiger partial charge in [0.25, 0.3) is 5.69 Å². The molecule has 0 spiro atoms. The van der Waals surface area contributed by atoms with E-state index in [1.54, 1.807) is 30.4 Å². The van der Waals surface area contributed by atoms with E-state index in [4.69, 9.17) is 0 Å². The van der Waals surface area contributed by atoms with Crippen LogP contribution in [0, 0.1) is 17.0 Å². The number of nitrogens with one attached hydrogen (secondary N) is 1. The molecule has 0 fully saturated rings. The van der Waals surface area contributed by atoms with Gasteiger partial charge in [-0.15, -0.1) is 11.3 Å². The third-order valence-corrected chi connectivity index (χ3v) is 4.19. The molecule has 0 amide bonds. The zero-order chi connectivity index (χ0) is 13.1. The molecule has 0 aliphatic heterocycles. The number of rotatable bonds is 4. The fourth-order valence-electron chi connectivity index (χ4n) is 1.55. The molecule has 2 rings (SSSR count). The maximum atomic E-state index is 10.8. The molecule has 0 radical (unpaired) electrons. The van der Waals surface area contributed by atoms with Crippen molar-refractivity contribution in [1.29, 1.82) is 0 Å². The minimum atomic E-state index is -0.359. The molecule has 18 heavy (non-hydrogen) atoms. The summed E-state index contributed by atoms with van der Waals surface area (Å²) in [6, 6.07) is 7.20. The molecule has 0 saturated heterocycles. The standard InChI is InChI=1S/C12H11BrN2O2S/c1-8-2-3-10(5-12(8)15(16)17)14-6-11-4-9(13)7-18-11/h2-5,7,14H,6H2,1H3. The van der Waals surface area contributed by atoms with E-state index < -0.39 is 0 Å². The molecule has 1 aromatic heterocycles. The molecule has 2 aromatic rings. The summed E-state index contributed by atoms with van der Waals surface area (Å²) in [5.74, 6) is 0. The quantitative estimate of drug-likeness (QED) is 0.671. The Morgan fingerprint density at radius 1 is 1.44 bits per heavy atom. The van der Waals surface area contributed by atoms with Gasteiger partial charge < -0.3 is 5.32 Å². The number of hydrogen-bond donors (Lipinski definition) is 1. The Bertz CT molecular complexity index is 583. The molecule has 94 valence electrons. The van der Waals surface area contributed by atoms with Crippen LogP contribution in [-0.4, -0.2) is 4.92 Å². The van der Waals surface area contributed by atoms with Crippen molar-refractivity contribution in [2.24, 2.45) is 0 Å². The molecule has 0 aliphatic rings. The Balaban J connectivity index is 2.10. The predicted octanol–water partition coefficient (Wildman–Crippen LogP) is 4.34. The highest BCUT2D eigenvalue weighted by Crippen LogP contribution is 2.24. The normalized spacial score (nSPS) is 10.3. The van der Waals surface area contributed by atoms with Crippen LogP contribution in [0.25, 0.3) is 0 Å². The maximum Gasteiger partial charge on any atom is 0.274 e. The SMILES string of the molecule is Cc1ccc(NCc2cc(Br)cs2)cc1[N+](=O)[O-]. The first-order valence-electron chi connectivity index (χ1n) is 5.28. The summed E-state index contributed by atoms with van der Waals surface area (Å²) in [7, 11) is 0. The summed E-state index contributed by atoms with van der Waals surface area (Å²) in [5, 5.41) is 16.0. The second-order valence-corrected chi connectivity index (χ2v) is 5.75. The molecular weight excluding hydrogens is 316 g/mol. The number of nitrogens with zero attached hydrogens (tertiary/aromatic N) is 1. The molecule has 4 nitrogen and oxygen atoms in total. The molecule has 0 bridgehead atoms. The Morgan fingerprint density at radius 2 is 2.22 bits per heavy atom. The van der Waals surface area contributed by atoms with E-state index in [0.717, 1.165) is 10.2 Å². The Kier molecular flexibility index (Phi) is 3.98. The maximum absolute atomic E-state index is 10.8. The van der Waals surface area contributed by atoms with Gasteiger partial charge >= 0.3 is 0 Å². The Labute approximate surface area is 117 Å². The van der Waals surface area contributed by atoms with Crippen molar-refractivity contribution < 1.29 is 4.92 Å². The summed E-state index contributed by atoms with van der Waals surface area (Å²) < 4.78 is 1.05. The number of thiophene rings is 1. The van der Waals surface area contributed by atoms with Gasteiger partial charge in [0, 0.05) is 38.6 Å². The monoisotopic (exact) mass is 326 g/mol. The summed E-state index contributed by atoms with van der Waals surface area (Å²) in [5.41, 5.74) is 1.58. The molecule has 0 aliphatic carbocycles. The Morgan fingerprint density at radius 3 is 2.83 bits per heavy atom. The number of halogens is 1. The average Bonchev–Trinajstić information content (AvgIpc) is 2.74. The predicted molar refractivity (Wildman–Crippen MR) is 77.2 cm³/mol. The number of nitro groups is 1. The van der Waals surface area contributed by atoms with Crippen LogP contribution in [0.4, 0.5) is 11.4 Å². The zero-order valence-corrected chi connectivity index (χ0v) is 12.0. The first kappa shape index (κ1) is 13.0. The lowest BCUT2D eigenvalue weighted by molar-refractivity contribution is -0.385. The fourth-order valence-corrected chi connectivity index (χ4v) is 2.94. The van der Waals surface area contributed by atoms with E-state index in [-0.39, 0.29) is 10.6 Å². The van der Waals surface area contributed by atoms with Crippen LogP contribution >= 0.6 is 27.3 Å². The van der Waals surface area contributed by atoms with Gasteiger partial charge in [-0.1, -0.05) is 6.07 Å². The second kappa shape index (κ2) is 5.49. The van der Waals surface area contributed by atoms with Crippen molar-refractivity contribution >= 4 is 38.6 Å². The zero-order valence-electron chi connectivity index (χ0n) is 9.64. The van der Waals surface area contributed by atoms with E-state index >= 15 is 0 Å². The second-order valence-electron chi connectivity index (χ2n) is 3.84. The summed E-state index contributed by atoms with van der Waals surface area (Å²) >= 11 is 5.03. The fraction of sp³-hybridized carbons (Fsp3) is 0.167. The molecule has 1 N–H and O–H groups in total. The number of nitro benzene ring substituents is 1. The number of benzene rings is 1. The van der Waals surface area contributed by atoms with E-state index in [0.29, 0.717) is 12.1 Å². The van der Waals surface area contributed by atoms with E-state index in [9.17, 15) is 10.1 Å². The van der Waals surface area contributed by atoms with Crippen molar-refractivity contribution in [3.8, 4) is 0 Å². The van der Waals surface area contributed by atoms with Crippen LogP contribution in [0.3, 0.4) is 0 Å². The van der Waals surface area contributed by atoms with Crippen molar-refractivity contribution in [1.82, 2.24) is 0 Å². The third kappa shape index (κ3) is 3.08. The van der Waals surface area contributed by atoms with E-state index in [1.165, 1.54) is 4.88 Å². The smallest absolute Gasteiger partial charge is 0.274 e. The number of hydrogen-bond acceptors (Lipinski definition) is 4.